The molecule has 1 N–H and O–H groups in total. The summed E-state index contributed by atoms with van der Waals surface area (Å²) in [5.74, 6) is 0.278. The highest BCUT2D eigenvalue weighted by atomic mass is 16.3. The number of phenols is 1. The summed E-state index contributed by atoms with van der Waals surface area (Å²) in [6.45, 7) is 2.24. The van der Waals surface area contributed by atoms with Gasteiger partial charge in [-0.15, -0.1) is 0 Å². The fraction of sp³-hybridized carbons (Fsp3) is 0.438. The number of aryl methyl sites for hydroxylation is 1. The number of pyridine rings is 1. The summed E-state index contributed by atoms with van der Waals surface area (Å²) in [5, 5.41) is 10.9. The van der Waals surface area contributed by atoms with Crippen LogP contribution in [0.25, 0.3) is 10.9 Å². The molecule has 0 unspecified atom stereocenters. The Balaban J connectivity index is 2.07. The van der Waals surface area contributed by atoms with Crippen LogP contribution in [-0.2, 0) is 6.42 Å². The molecule has 0 bridgehead atoms. The first-order valence-electron chi connectivity index (χ1n) is 6.88. The molecule has 96 valence electrons. The maximum atomic E-state index is 9.77. The van der Waals surface area contributed by atoms with Crippen LogP contribution in [0.1, 0.15) is 44.6 Å². The third kappa shape index (κ3) is 3.00. The van der Waals surface area contributed by atoms with Crippen molar-refractivity contribution < 1.29 is 5.11 Å². The van der Waals surface area contributed by atoms with Crippen LogP contribution in [0.3, 0.4) is 0 Å². The van der Waals surface area contributed by atoms with Gasteiger partial charge >= 0.3 is 0 Å². The number of aromatic nitrogens is 1. The number of nitrogens with zero attached hydrogens (tertiary/aromatic N) is 1. The van der Waals surface area contributed by atoms with E-state index in [9.17, 15) is 5.11 Å². The Kier molecular flexibility index (Phi) is 4.57. The standard InChI is InChI=1S/C16H21NO/c1-2-3-4-5-6-8-13-10-11-15(18)16-14(13)9-7-12-17-16/h7,9-12,18H,2-6,8H2,1H3. The van der Waals surface area contributed by atoms with Crippen molar-refractivity contribution in [3.8, 4) is 5.75 Å². The lowest BCUT2D eigenvalue weighted by Crippen LogP contribution is -1.90. The highest BCUT2D eigenvalue weighted by Crippen LogP contribution is 2.26. The molecule has 0 radical (unpaired) electrons. The van der Waals surface area contributed by atoms with Crippen molar-refractivity contribution in [2.45, 2.75) is 45.4 Å². The molecule has 0 aliphatic carbocycles. The molecule has 0 aliphatic heterocycles. The highest BCUT2D eigenvalue weighted by molar-refractivity contribution is 5.87. The molecule has 0 spiro atoms. The van der Waals surface area contributed by atoms with Crippen molar-refractivity contribution in [3.63, 3.8) is 0 Å². The van der Waals surface area contributed by atoms with Gasteiger partial charge in [-0.25, -0.2) is 0 Å². The predicted octanol–water partition coefficient (Wildman–Crippen LogP) is 4.45. The van der Waals surface area contributed by atoms with Crippen LogP contribution in [0.2, 0.25) is 0 Å². The number of fused-ring (bicyclic) bond motifs is 1. The second-order valence-corrected chi connectivity index (χ2v) is 4.81. The minimum absolute atomic E-state index is 0.278. The van der Waals surface area contributed by atoms with Gasteiger partial charge in [0.25, 0.3) is 0 Å². The van der Waals surface area contributed by atoms with E-state index in [0.717, 1.165) is 17.3 Å². The second kappa shape index (κ2) is 6.39. The normalized spacial score (nSPS) is 10.9. The fourth-order valence-electron chi connectivity index (χ4n) is 2.35. The topological polar surface area (TPSA) is 33.1 Å². The Hall–Kier alpha value is -1.57. The Morgan fingerprint density at radius 3 is 2.72 bits per heavy atom. The molecule has 0 amide bonds. The van der Waals surface area contributed by atoms with E-state index in [4.69, 9.17) is 0 Å². The predicted molar refractivity (Wildman–Crippen MR) is 75.9 cm³/mol. The molecular formula is C16H21NO. The summed E-state index contributed by atoms with van der Waals surface area (Å²) in [7, 11) is 0. The maximum absolute atomic E-state index is 9.77. The van der Waals surface area contributed by atoms with Gasteiger partial charge < -0.3 is 5.11 Å². The van der Waals surface area contributed by atoms with Gasteiger partial charge in [0.05, 0.1) is 0 Å². The van der Waals surface area contributed by atoms with Crippen molar-refractivity contribution in [1.82, 2.24) is 4.98 Å². The molecule has 0 fully saturated rings. The zero-order valence-corrected chi connectivity index (χ0v) is 11.0. The quantitative estimate of drug-likeness (QED) is 0.760. The van der Waals surface area contributed by atoms with Crippen molar-refractivity contribution in [2.75, 3.05) is 0 Å². The van der Waals surface area contributed by atoms with E-state index in [1.807, 2.05) is 18.2 Å². The molecule has 2 rings (SSSR count). The number of benzene rings is 1. The average Bonchev–Trinajstić information content (AvgIpc) is 2.41. The fourth-order valence-corrected chi connectivity index (χ4v) is 2.35. The number of hydrogen-bond donors (Lipinski definition) is 1. The molecule has 2 aromatic rings. The van der Waals surface area contributed by atoms with E-state index in [-0.39, 0.29) is 5.75 Å². The molecule has 0 saturated heterocycles. The van der Waals surface area contributed by atoms with Crippen molar-refractivity contribution in [2.24, 2.45) is 0 Å². The number of phenolic OH excluding ortho intramolecular Hbond substituents is 1. The van der Waals surface area contributed by atoms with E-state index < -0.39 is 0 Å². The molecule has 0 atom stereocenters. The summed E-state index contributed by atoms with van der Waals surface area (Å²) in [4.78, 5) is 4.25. The Morgan fingerprint density at radius 1 is 1.06 bits per heavy atom. The van der Waals surface area contributed by atoms with E-state index in [0.29, 0.717) is 0 Å². The lowest BCUT2D eigenvalue weighted by atomic mass is 10.0. The zero-order valence-electron chi connectivity index (χ0n) is 11.0. The Morgan fingerprint density at radius 2 is 1.89 bits per heavy atom. The lowest BCUT2D eigenvalue weighted by Gasteiger charge is -2.07. The summed E-state index contributed by atoms with van der Waals surface area (Å²) in [6, 6.07) is 7.77. The number of hydrogen-bond acceptors (Lipinski definition) is 2. The summed E-state index contributed by atoms with van der Waals surface area (Å²) in [6.07, 6.45) is 9.25. The van der Waals surface area contributed by atoms with Gasteiger partial charge in [0.1, 0.15) is 11.3 Å². The minimum Gasteiger partial charge on any atom is -0.506 e. The molecule has 2 nitrogen and oxygen atoms in total. The SMILES string of the molecule is CCCCCCCc1ccc(O)c2ncccc12. The molecule has 0 aliphatic rings. The number of unbranched alkanes of at least 4 members (excludes halogenated alkanes) is 4. The third-order valence-corrected chi connectivity index (χ3v) is 3.39. The molecule has 0 saturated carbocycles. The van der Waals surface area contributed by atoms with Crippen LogP contribution in [0.4, 0.5) is 0 Å². The highest BCUT2D eigenvalue weighted by Gasteiger charge is 2.05. The van der Waals surface area contributed by atoms with Gasteiger partial charge in [-0.3, -0.25) is 4.98 Å². The van der Waals surface area contributed by atoms with Crippen LogP contribution in [0.5, 0.6) is 5.75 Å². The number of aromatic hydroxyl groups is 1. The van der Waals surface area contributed by atoms with E-state index in [1.54, 1.807) is 12.3 Å². The van der Waals surface area contributed by atoms with E-state index >= 15 is 0 Å². The van der Waals surface area contributed by atoms with Crippen LogP contribution in [0, 0.1) is 0 Å². The Bertz CT molecular complexity index is 507. The zero-order chi connectivity index (χ0) is 12.8. The monoisotopic (exact) mass is 243 g/mol. The Labute approximate surface area is 109 Å². The van der Waals surface area contributed by atoms with Gasteiger partial charge in [0.2, 0.25) is 0 Å². The maximum Gasteiger partial charge on any atom is 0.141 e. The average molecular weight is 243 g/mol. The first-order valence-corrected chi connectivity index (χ1v) is 6.88. The minimum atomic E-state index is 0.278. The van der Waals surface area contributed by atoms with E-state index in [1.165, 1.54) is 37.7 Å². The molecule has 1 aromatic carbocycles. The molecule has 18 heavy (non-hydrogen) atoms. The van der Waals surface area contributed by atoms with Gasteiger partial charge in [0, 0.05) is 11.6 Å². The number of rotatable bonds is 6. The summed E-state index contributed by atoms with van der Waals surface area (Å²) < 4.78 is 0. The van der Waals surface area contributed by atoms with Crippen molar-refractivity contribution in [1.29, 1.82) is 0 Å². The van der Waals surface area contributed by atoms with Crippen molar-refractivity contribution in [3.05, 3.63) is 36.0 Å². The molecule has 1 aromatic heterocycles. The van der Waals surface area contributed by atoms with Crippen LogP contribution < -0.4 is 0 Å². The van der Waals surface area contributed by atoms with Gasteiger partial charge in [-0.1, -0.05) is 44.7 Å². The smallest absolute Gasteiger partial charge is 0.141 e. The van der Waals surface area contributed by atoms with Crippen molar-refractivity contribution >= 4 is 10.9 Å². The van der Waals surface area contributed by atoms with Crippen LogP contribution in [-0.4, -0.2) is 10.1 Å². The van der Waals surface area contributed by atoms with Crippen LogP contribution in [0.15, 0.2) is 30.5 Å². The van der Waals surface area contributed by atoms with Gasteiger partial charge in [-0.2, -0.15) is 0 Å². The first kappa shape index (κ1) is 12.9. The molecule has 1 heterocycles. The van der Waals surface area contributed by atoms with Gasteiger partial charge in [-0.05, 0) is 30.5 Å². The summed E-state index contributed by atoms with van der Waals surface area (Å²) >= 11 is 0. The first-order chi connectivity index (χ1) is 8.83. The van der Waals surface area contributed by atoms with E-state index in [2.05, 4.69) is 11.9 Å². The third-order valence-electron chi connectivity index (χ3n) is 3.39. The lowest BCUT2D eigenvalue weighted by molar-refractivity contribution is 0.480. The summed E-state index contributed by atoms with van der Waals surface area (Å²) in [5.41, 5.74) is 2.02. The second-order valence-electron chi connectivity index (χ2n) is 4.81. The molecule has 2 heteroatoms. The largest absolute Gasteiger partial charge is 0.506 e. The van der Waals surface area contributed by atoms with Crippen LogP contribution >= 0.6 is 0 Å². The van der Waals surface area contributed by atoms with Gasteiger partial charge in [0.15, 0.2) is 0 Å². The molecular weight excluding hydrogens is 222 g/mol.